The third-order valence-corrected chi connectivity index (χ3v) is 6.41. The zero-order valence-corrected chi connectivity index (χ0v) is 17.2. The number of ether oxygens (including phenoxy) is 1. The van der Waals surface area contributed by atoms with E-state index >= 15 is 0 Å². The van der Waals surface area contributed by atoms with Crippen molar-refractivity contribution >= 4 is 29.3 Å². The molecule has 3 rings (SSSR count). The van der Waals surface area contributed by atoms with Crippen LogP contribution in [0.15, 0.2) is 54.6 Å². The van der Waals surface area contributed by atoms with Crippen LogP contribution in [-0.2, 0) is 4.74 Å². The fourth-order valence-electron chi connectivity index (χ4n) is 3.62. The van der Waals surface area contributed by atoms with Gasteiger partial charge in [0, 0.05) is 17.3 Å². The van der Waals surface area contributed by atoms with Crippen molar-refractivity contribution in [1.29, 1.82) is 0 Å². The summed E-state index contributed by atoms with van der Waals surface area (Å²) < 4.78 is 5.38. The Bertz CT molecular complexity index is 723. The van der Waals surface area contributed by atoms with Crippen LogP contribution in [-0.4, -0.2) is 49.1 Å². The molecule has 1 fully saturated rings. The molecule has 3 nitrogen and oxygen atoms in total. The van der Waals surface area contributed by atoms with Crippen LogP contribution in [0, 0.1) is 5.92 Å². The van der Waals surface area contributed by atoms with E-state index in [9.17, 15) is 4.79 Å². The maximum atomic E-state index is 12.0. The number of carbonyl (C=O) groups excluding carboxylic acids is 1. The number of halogens is 1. The van der Waals surface area contributed by atoms with Crippen LogP contribution in [0.2, 0.25) is 5.02 Å². The van der Waals surface area contributed by atoms with Crippen LogP contribution >= 0.6 is 23.4 Å². The Kier molecular flexibility index (Phi) is 7.62. The lowest BCUT2D eigenvalue weighted by molar-refractivity contribution is 0.0530. The van der Waals surface area contributed by atoms with E-state index in [0.717, 1.165) is 29.6 Å². The predicted molar refractivity (Wildman–Crippen MR) is 114 cm³/mol. The van der Waals surface area contributed by atoms with Gasteiger partial charge in [-0.05, 0) is 67.4 Å². The Morgan fingerprint density at radius 2 is 1.93 bits per heavy atom. The number of likely N-dealkylation sites (tertiary alicyclic amines) is 1. The third kappa shape index (κ3) is 6.00. The number of hydrogen-bond acceptors (Lipinski definition) is 4. The number of piperidine rings is 1. The summed E-state index contributed by atoms with van der Waals surface area (Å²) in [6.45, 7) is 2.68. The molecule has 0 unspecified atom stereocenters. The molecular weight excluding hydrogens is 378 g/mol. The van der Waals surface area contributed by atoms with Gasteiger partial charge in [0.25, 0.3) is 0 Å². The van der Waals surface area contributed by atoms with Gasteiger partial charge in [0.05, 0.1) is 5.56 Å². The highest BCUT2D eigenvalue weighted by Gasteiger charge is 2.28. The topological polar surface area (TPSA) is 29.5 Å². The third-order valence-electron chi connectivity index (χ3n) is 5.04. The molecule has 2 aromatic rings. The summed E-state index contributed by atoms with van der Waals surface area (Å²) in [7, 11) is 2.19. The summed E-state index contributed by atoms with van der Waals surface area (Å²) in [4.78, 5) is 14.4. The van der Waals surface area contributed by atoms with Gasteiger partial charge in [-0.3, -0.25) is 0 Å². The summed E-state index contributed by atoms with van der Waals surface area (Å²) in [6.07, 6.45) is 1.17. The second-order valence-corrected chi connectivity index (χ2v) is 8.63. The number of esters is 1. The fraction of sp³-hybridized carbons (Fsp3) is 0.409. The highest BCUT2D eigenvalue weighted by molar-refractivity contribution is 7.99. The second-order valence-electron chi connectivity index (χ2n) is 7.05. The van der Waals surface area contributed by atoms with Gasteiger partial charge >= 0.3 is 5.97 Å². The molecule has 0 N–H and O–H groups in total. The van der Waals surface area contributed by atoms with Gasteiger partial charge < -0.3 is 9.64 Å². The van der Waals surface area contributed by atoms with Crippen LogP contribution in [0.4, 0.5) is 0 Å². The summed E-state index contributed by atoms with van der Waals surface area (Å²) in [5, 5.41) is 0.790. The molecule has 0 spiro atoms. The molecule has 0 radical (unpaired) electrons. The van der Waals surface area contributed by atoms with Crippen molar-refractivity contribution in [3.8, 4) is 0 Å². The Labute approximate surface area is 171 Å². The molecule has 0 aliphatic carbocycles. The largest absolute Gasteiger partial charge is 0.461 e. The van der Waals surface area contributed by atoms with Gasteiger partial charge in [-0.2, -0.15) is 11.8 Å². The van der Waals surface area contributed by atoms with E-state index in [1.807, 2.05) is 42.1 Å². The van der Waals surface area contributed by atoms with Gasteiger partial charge in [0.2, 0.25) is 0 Å². The van der Waals surface area contributed by atoms with E-state index < -0.39 is 0 Å². The number of nitrogens with zero attached hydrogens (tertiary/aromatic N) is 1. The molecular formula is C22H26ClNO2S. The second kappa shape index (κ2) is 10.2. The number of thioether (sulfide) groups is 1. The minimum atomic E-state index is -0.243. The van der Waals surface area contributed by atoms with Crippen molar-refractivity contribution in [2.45, 2.75) is 12.3 Å². The molecule has 0 aromatic heterocycles. The summed E-state index contributed by atoms with van der Waals surface area (Å²) in [5.41, 5.74) is 1.99. The first-order chi connectivity index (χ1) is 13.1. The van der Waals surface area contributed by atoms with E-state index in [2.05, 4.69) is 24.1 Å². The lowest BCUT2D eigenvalue weighted by atomic mass is 9.81. The highest BCUT2D eigenvalue weighted by atomic mass is 35.5. The lowest BCUT2D eigenvalue weighted by Gasteiger charge is -2.37. The fourth-order valence-corrected chi connectivity index (χ4v) is 4.75. The van der Waals surface area contributed by atoms with Gasteiger partial charge in [-0.1, -0.05) is 41.9 Å². The van der Waals surface area contributed by atoms with Crippen molar-refractivity contribution < 1.29 is 9.53 Å². The minimum absolute atomic E-state index is 0.243. The van der Waals surface area contributed by atoms with Crippen molar-refractivity contribution in [1.82, 2.24) is 4.90 Å². The Balaban J connectivity index is 1.46. The first-order valence-corrected chi connectivity index (χ1v) is 10.9. The first-order valence-electron chi connectivity index (χ1n) is 9.37. The average molecular weight is 404 g/mol. The number of carbonyl (C=O) groups is 1. The molecule has 2 aromatic carbocycles. The van der Waals surface area contributed by atoms with Crippen molar-refractivity contribution in [2.24, 2.45) is 5.92 Å². The maximum Gasteiger partial charge on any atom is 0.338 e. The molecule has 144 valence electrons. The van der Waals surface area contributed by atoms with Gasteiger partial charge in [0.1, 0.15) is 6.61 Å². The van der Waals surface area contributed by atoms with Crippen molar-refractivity contribution in [3.63, 3.8) is 0 Å². The van der Waals surface area contributed by atoms with Gasteiger partial charge in [-0.15, -0.1) is 0 Å². The average Bonchev–Trinajstić information content (AvgIpc) is 2.69. The molecule has 5 heteroatoms. The monoisotopic (exact) mass is 403 g/mol. The van der Waals surface area contributed by atoms with Crippen LogP contribution in [0.5, 0.6) is 0 Å². The number of rotatable bonds is 7. The quantitative estimate of drug-likeness (QED) is 0.482. The molecule has 27 heavy (non-hydrogen) atoms. The maximum absolute atomic E-state index is 12.0. The van der Waals surface area contributed by atoms with E-state index in [0.29, 0.717) is 24.0 Å². The predicted octanol–water partition coefficient (Wildman–Crippen LogP) is 4.97. The minimum Gasteiger partial charge on any atom is -0.461 e. The Morgan fingerprint density at radius 1 is 1.19 bits per heavy atom. The summed E-state index contributed by atoms with van der Waals surface area (Å²) in [5.74, 6) is 2.82. The molecule has 0 bridgehead atoms. The first kappa shape index (κ1) is 20.2. The Hall–Kier alpha value is -1.49. The van der Waals surface area contributed by atoms with Crippen LogP contribution in [0.3, 0.4) is 0 Å². The van der Waals surface area contributed by atoms with Gasteiger partial charge in [-0.25, -0.2) is 4.79 Å². The molecule has 2 atom stereocenters. The van der Waals surface area contributed by atoms with E-state index in [1.54, 1.807) is 12.1 Å². The normalized spacial score (nSPS) is 20.4. The number of benzene rings is 2. The van der Waals surface area contributed by atoms with Gasteiger partial charge in [0.15, 0.2) is 0 Å². The zero-order valence-electron chi connectivity index (χ0n) is 15.6. The van der Waals surface area contributed by atoms with Crippen molar-refractivity contribution in [2.75, 3.05) is 38.2 Å². The summed E-state index contributed by atoms with van der Waals surface area (Å²) in [6, 6.07) is 17.5. The highest BCUT2D eigenvalue weighted by Crippen LogP contribution is 2.35. The molecule has 1 saturated heterocycles. The SMILES string of the molecule is CN1CC[C@@H](c2ccc(Cl)cc2)[C@H](CSCCOC(=O)c2ccccc2)C1. The molecule has 1 aliphatic rings. The van der Waals surface area contributed by atoms with E-state index in [4.69, 9.17) is 16.3 Å². The lowest BCUT2D eigenvalue weighted by Crippen LogP contribution is -2.38. The molecule has 0 saturated carbocycles. The van der Waals surface area contributed by atoms with Crippen LogP contribution in [0.25, 0.3) is 0 Å². The van der Waals surface area contributed by atoms with Crippen LogP contribution in [0.1, 0.15) is 28.3 Å². The van der Waals surface area contributed by atoms with E-state index in [1.165, 1.54) is 12.0 Å². The molecule has 1 heterocycles. The molecule has 0 amide bonds. The van der Waals surface area contributed by atoms with Crippen molar-refractivity contribution in [3.05, 3.63) is 70.7 Å². The molecule has 1 aliphatic heterocycles. The van der Waals surface area contributed by atoms with E-state index in [-0.39, 0.29) is 5.97 Å². The number of hydrogen-bond donors (Lipinski definition) is 0. The van der Waals surface area contributed by atoms with Crippen LogP contribution < -0.4 is 0 Å². The smallest absolute Gasteiger partial charge is 0.338 e. The summed E-state index contributed by atoms with van der Waals surface area (Å²) >= 11 is 7.92. The Morgan fingerprint density at radius 3 is 2.67 bits per heavy atom. The standard InChI is InChI=1S/C22H26ClNO2S/c1-24-12-11-21(17-7-9-20(23)10-8-17)19(15-24)16-27-14-13-26-22(25)18-5-3-2-4-6-18/h2-10,19,21H,11-16H2,1H3/t19-,21-/m0/s1. The zero-order chi connectivity index (χ0) is 19.1.